The van der Waals surface area contributed by atoms with Gasteiger partial charge in [0.05, 0.1) is 12.5 Å². The van der Waals surface area contributed by atoms with Gasteiger partial charge < -0.3 is 10.2 Å². The second-order valence-corrected chi connectivity index (χ2v) is 5.61. The molecule has 0 radical (unpaired) electrons. The third kappa shape index (κ3) is 3.22. The second kappa shape index (κ2) is 6.43. The quantitative estimate of drug-likeness (QED) is 0.909. The van der Waals surface area contributed by atoms with E-state index in [9.17, 15) is 13.6 Å². The molecule has 3 heterocycles. The van der Waals surface area contributed by atoms with Crippen LogP contribution < -0.4 is 10.2 Å². The van der Waals surface area contributed by atoms with Crippen LogP contribution in [0.1, 0.15) is 18.7 Å². The Labute approximate surface area is 131 Å². The normalized spacial score (nSPS) is 18.6. The molecule has 7 nitrogen and oxygen atoms in total. The summed E-state index contributed by atoms with van der Waals surface area (Å²) < 4.78 is 26.3. The molecule has 9 heteroatoms. The van der Waals surface area contributed by atoms with Gasteiger partial charge in [-0.2, -0.15) is 0 Å². The van der Waals surface area contributed by atoms with Gasteiger partial charge in [0.2, 0.25) is 11.6 Å². The molecule has 2 aromatic rings. The van der Waals surface area contributed by atoms with Gasteiger partial charge in [-0.25, -0.2) is 13.8 Å². The van der Waals surface area contributed by atoms with Gasteiger partial charge in [0.15, 0.2) is 5.82 Å². The Bertz CT molecular complexity index is 704. The summed E-state index contributed by atoms with van der Waals surface area (Å²) in [6, 6.07) is 0. The van der Waals surface area contributed by atoms with E-state index in [-0.39, 0.29) is 11.8 Å². The number of nitrogens with one attached hydrogen (secondary N) is 1. The molecule has 1 aliphatic heterocycles. The molecule has 1 atom stereocenters. The first-order chi connectivity index (χ1) is 11.1. The predicted molar refractivity (Wildman–Crippen MR) is 79.5 cm³/mol. The minimum atomic E-state index is -2.53. The van der Waals surface area contributed by atoms with Gasteiger partial charge in [-0.1, -0.05) is 0 Å². The van der Waals surface area contributed by atoms with Crippen LogP contribution in [-0.4, -0.2) is 51.5 Å². The molecule has 1 N–H and O–H groups in total. The predicted octanol–water partition coefficient (Wildman–Crippen LogP) is 1.03. The Morgan fingerprint density at radius 3 is 3.09 bits per heavy atom. The zero-order chi connectivity index (χ0) is 16.4. The number of halogens is 2. The van der Waals surface area contributed by atoms with Crippen molar-refractivity contribution in [2.24, 2.45) is 5.92 Å². The summed E-state index contributed by atoms with van der Waals surface area (Å²) in [4.78, 5) is 18.4. The first-order valence-corrected chi connectivity index (χ1v) is 7.53. The van der Waals surface area contributed by atoms with Gasteiger partial charge in [-0.15, -0.1) is 10.2 Å². The van der Waals surface area contributed by atoms with Crippen molar-refractivity contribution >= 4 is 17.4 Å². The van der Waals surface area contributed by atoms with Crippen molar-refractivity contribution in [1.29, 1.82) is 0 Å². The Hall–Kier alpha value is -2.32. The fourth-order valence-corrected chi connectivity index (χ4v) is 2.86. The van der Waals surface area contributed by atoms with E-state index in [4.69, 9.17) is 0 Å². The summed E-state index contributed by atoms with van der Waals surface area (Å²) in [5.41, 5.74) is 0.638. The first kappa shape index (κ1) is 15.6. The third-order valence-electron chi connectivity index (χ3n) is 4.00. The number of alkyl halides is 2. The standard InChI is InChI=1S/C14H18F2N6O/c1-9-19-20-13-12(17-4-6-22(9)13)21-5-2-3-10(8-21)14(23)18-7-11(15)16/h4,6,10-11H,2-3,5,7-8H2,1H3,(H,18,23). The first-order valence-electron chi connectivity index (χ1n) is 7.53. The zero-order valence-corrected chi connectivity index (χ0v) is 12.7. The maximum Gasteiger partial charge on any atom is 0.255 e. The lowest BCUT2D eigenvalue weighted by Gasteiger charge is -2.32. The molecular formula is C14H18F2N6O. The van der Waals surface area contributed by atoms with Crippen molar-refractivity contribution in [3.05, 3.63) is 18.2 Å². The highest BCUT2D eigenvalue weighted by Crippen LogP contribution is 2.24. The molecule has 124 valence electrons. The van der Waals surface area contributed by atoms with Crippen LogP contribution in [0.25, 0.3) is 5.65 Å². The summed E-state index contributed by atoms with van der Waals surface area (Å²) in [7, 11) is 0. The van der Waals surface area contributed by atoms with Crippen molar-refractivity contribution in [1.82, 2.24) is 24.9 Å². The summed E-state index contributed by atoms with van der Waals surface area (Å²) >= 11 is 0. The Morgan fingerprint density at radius 2 is 2.30 bits per heavy atom. The number of amides is 1. The number of fused-ring (bicyclic) bond motifs is 1. The van der Waals surface area contributed by atoms with E-state index < -0.39 is 13.0 Å². The molecule has 3 rings (SSSR count). The smallest absolute Gasteiger partial charge is 0.255 e. The Morgan fingerprint density at radius 1 is 1.48 bits per heavy atom. The largest absolute Gasteiger partial charge is 0.353 e. The maximum absolute atomic E-state index is 12.2. The molecule has 0 aliphatic carbocycles. The lowest BCUT2D eigenvalue weighted by molar-refractivity contribution is -0.125. The van der Waals surface area contributed by atoms with E-state index in [2.05, 4.69) is 20.5 Å². The highest BCUT2D eigenvalue weighted by atomic mass is 19.3. The van der Waals surface area contributed by atoms with Gasteiger partial charge in [-0.05, 0) is 19.8 Å². The van der Waals surface area contributed by atoms with Crippen LogP contribution in [0.15, 0.2) is 12.4 Å². The number of nitrogens with zero attached hydrogens (tertiary/aromatic N) is 5. The lowest BCUT2D eigenvalue weighted by atomic mass is 9.97. The van der Waals surface area contributed by atoms with E-state index in [0.717, 1.165) is 18.8 Å². The van der Waals surface area contributed by atoms with E-state index >= 15 is 0 Å². The Kier molecular flexibility index (Phi) is 4.35. The zero-order valence-electron chi connectivity index (χ0n) is 12.7. The monoisotopic (exact) mass is 324 g/mol. The van der Waals surface area contributed by atoms with Gasteiger partial charge in [0.1, 0.15) is 5.82 Å². The number of aryl methyl sites for hydroxylation is 1. The van der Waals surface area contributed by atoms with E-state index in [1.807, 2.05) is 16.2 Å². The average molecular weight is 324 g/mol. The van der Waals surface area contributed by atoms with Crippen LogP contribution in [-0.2, 0) is 4.79 Å². The highest BCUT2D eigenvalue weighted by Gasteiger charge is 2.28. The molecule has 1 saturated heterocycles. The van der Waals surface area contributed by atoms with Gasteiger partial charge in [0, 0.05) is 25.5 Å². The molecule has 1 fully saturated rings. The molecule has 0 aromatic carbocycles. The van der Waals surface area contributed by atoms with E-state index in [0.29, 0.717) is 24.4 Å². The number of anilines is 1. The van der Waals surface area contributed by atoms with Crippen LogP contribution in [0.2, 0.25) is 0 Å². The van der Waals surface area contributed by atoms with Crippen molar-refractivity contribution < 1.29 is 13.6 Å². The van der Waals surface area contributed by atoms with E-state index in [1.165, 1.54) is 0 Å². The number of carbonyl (C=O) groups is 1. The van der Waals surface area contributed by atoms with Crippen LogP contribution in [0.3, 0.4) is 0 Å². The Balaban J connectivity index is 1.76. The van der Waals surface area contributed by atoms with Crippen molar-refractivity contribution in [3.63, 3.8) is 0 Å². The average Bonchev–Trinajstić information content (AvgIpc) is 2.94. The van der Waals surface area contributed by atoms with Crippen LogP contribution in [0.4, 0.5) is 14.6 Å². The number of hydrogen-bond donors (Lipinski definition) is 1. The fraction of sp³-hybridized carbons (Fsp3) is 0.571. The highest BCUT2D eigenvalue weighted by molar-refractivity contribution is 5.80. The van der Waals surface area contributed by atoms with Crippen LogP contribution in [0.5, 0.6) is 0 Å². The summed E-state index contributed by atoms with van der Waals surface area (Å²) in [5.74, 6) is 0.763. The molecule has 1 aliphatic rings. The second-order valence-electron chi connectivity index (χ2n) is 5.61. The molecular weight excluding hydrogens is 306 g/mol. The molecule has 23 heavy (non-hydrogen) atoms. The molecule has 1 unspecified atom stereocenters. The number of hydrogen-bond acceptors (Lipinski definition) is 5. The topological polar surface area (TPSA) is 75.4 Å². The minimum Gasteiger partial charge on any atom is -0.353 e. The van der Waals surface area contributed by atoms with Crippen molar-refractivity contribution in [2.75, 3.05) is 24.5 Å². The van der Waals surface area contributed by atoms with Crippen molar-refractivity contribution in [3.8, 4) is 0 Å². The maximum atomic E-state index is 12.2. The summed E-state index contributed by atoms with van der Waals surface area (Å²) in [6.07, 6.45) is 2.39. The fourth-order valence-electron chi connectivity index (χ4n) is 2.86. The van der Waals surface area contributed by atoms with Gasteiger partial charge >= 0.3 is 0 Å². The molecule has 0 spiro atoms. The SMILES string of the molecule is Cc1nnc2c(N3CCCC(C(=O)NCC(F)F)C3)nccn12. The number of piperidine rings is 1. The summed E-state index contributed by atoms with van der Waals surface area (Å²) in [5, 5.41) is 10.5. The van der Waals surface area contributed by atoms with Crippen LogP contribution in [0, 0.1) is 12.8 Å². The molecule has 0 saturated carbocycles. The van der Waals surface area contributed by atoms with Gasteiger partial charge in [0.25, 0.3) is 6.43 Å². The third-order valence-corrected chi connectivity index (χ3v) is 4.00. The number of aromatic nitrogens is 4. The number of rotatable bonds is 4. The lowest BCUT2D eigenvalue weighted by Crippen LogP contribution is -2.44. The minimum absolute atomic E-state index is 0.325. The molecule has 0 bridgehead atoms. The van der Waals surface area contributed by atoms with Crippen LogP contribution >= 0.6 is 0 Å². The molecule has 1 amide bonds. The molecule has 2 aromatic heterocycles. The van der Waals surface area contributed by atoms with E-state index in [1.54, 1.807) is 12.4 Å². The summed E-state index contributed by atoms with van der Waals surface area (Å²) in [6.45, 7) is 2.43. The van der Waals surface area contributed by atoms with Gasteiger partial charge in [-0.3, -0.25) is 9.20 Å². The van der Waals surface area contributed by atoms with Crippen molar-refractivity contribution in [2.45, 2.75) is 26.2 Å². The number of carbonyl (C=O) groups excluding carboxylic acids is 1.